The molecule has 0 nitrogen and oxygen atoms in total. The Morgan fingerprint density at radius 1 is 1.14 bits per heavy atom. The number of rotatable bonds is 1. The number of allylic oxidation sites excluding steroid dienone is 1. The summed E-state index contributed by atoms with van der Waals surface area (Å²) in [6.07, 6.45) is 5.82. The average molecular weight is 190 g/mol. The van der Waals surface area contributed by atoms with Gasteiger partial charge in [-0.1, -0.05) is 26.0 Å². The predicted octanol–water partition coefficient (Wildman–Crippen LogP) is 3.88. The molecular formula is C14H22. The Morgan fingerprint density at radius 3 is 2.57 bits per heavy atom. The molecule has 4 saturated carbocycles. The van der Waals surface area contributed by atoms with Gasteiger partial charge in [-0.2, -0.15) is 0 Å². The minimum atomic E-state index is 0.900. The van der Waals surface area contributed by atoms with Gasteiger partial charge in [-0.15, -0.1) is 0 Å². The molecule has 0 heteroatoms. The molecule has 0 heterocycles. The van der Waals surface area contributed by atoms with Crippen LogP contribution in [0.25, 0.3) is 0 Å². The van der Waals surface area contributed by atoms with Gasteiger partial charge in [0, 0.05) is 0 Å². The molecule has 0 spiro atoms. The van der Waals surface area contributed by atoms with E-state index in [2.05, 4.69) is 20.4 Å². The normalized spacial score (nSPS) is 50.5. The van der Waals surface area contributed by atoms with Crippen molar-refractivity contribution in [3.05, 3.63) is 12.2 Å². The Labute approximate surface area is 87.8 Å². The first-order chi connectivity index (χ1) is 6.70. The Kier molecular flexibility index (Phi) is 1.84. The Bertz CT molecular complexity index is 263. The molecule has 0 radical (unpaired) electrons. The van der Waals surface area contributed by atoms with Gasteiger partial charge in [0.25, 0.3) is 0 Å². The van der Waals surface area contributed by atoms with E-state index in [1.54, 1.807) is 5.57 Å². The SMILES string of the molecule is C=C1CCC2[C@H]3CC[C@@H](C(C)C)[C@@H]2C13. The van der Waals surface area contributed by atoms with Gasteiger partial charge >= 0.3 is 0 Å². The molecule has 0 amide bonds. The summed E-state index contributed by atoms with van der Waals surface area (Å²) >= 11 is 0. The van der Waals surface area contributed by atoms with Crippen LogP contribution < -0.4 is 0 Å². The summed E-state index contributed by atoms with van der Waals surface area (Å²) in [4.78, 5) is 0. The van der Waals surface area contributed by atoms with E-state index >= 15 is 0 Å². The summed E-state index contributed by atoms with van der Waals surface area (Å²) in [6.45, 7) is 9.15. The number of fused-ring (bicyclic) bond motifs is 2. The van der Waals surface area contributed by atoms with Crippen molar-refractivity contribution in [2.45, 2.75) is 39.5 Å². The van der Waals surface area contributed by atoms with Crippen molar-refractivity contribution < 1.29 is 0 Å². The molecule has 0 N–H and O–H groups in total. The second-order valence-electron chi connectivity index (χ2n) is 6.11. The van der Waals surface area contributed by atoms with E-state index in [0.29, 0.717) is 0 Å². The molecule has 4 aliphatic rings. The van der Waals surface area contributed by atoms with Gasteiger partial charge < -0.3 is 0 Å². The third-order valence-corrected chi connectivity index (χ3v) is 5.37. The van der Waals surface area contributed by atoms with Crippen molar-refractivity contribution in [2.24, 2.45) is 35.5 Å². The highest BCUT2D eigenvalue weighted by Crippen LogP contribution is 2.66. The van der Waals surface area contributed by atoms with Crippen LogP contribution in [0.4, 0.5) is 0 Å². The van der Waals surface area contributed by atoms with Crippen LogP contribution in [0, 0.1) is 35.5 Å². The van der Waals surface area contributed by atoms with Crippen molar-refractivity contribution in [1.29, 1.82) is 0 Å². The Morgan fingerprint density at radius 2 is 1.93 bits per heavy atom. The molecule has 4 fully saturated rings. The number of hydrogen-bond donors (Lipinski definition) is 0. The highest BCUT2D eigenvalue weighted by molar-refractivity contribution is 5.21. The summed E-state index contributed by atoms with van der Waals surface area (Å²) < 4.78 is 0. The third kappa shape index (κ3) is 0.951. The maximum absolute atomic E-state index is 4.31. The first-order valence-corrected chi connectivity index (χ1v) is 6.38. The fourth-order valence-electron chi connectivity index (χ4n) is 4.79. The maximum Gasteiger partial charge on any atom is -0.0141 e. The standard InChI is InChI=1S/C14H22/c1-8(2)10-6-7-11-12-5-4-9(3)13(11)14(10)12/h8,10-14H,3-7H2,1-2H3/t10-,11+,12?,13?,14-/m0/s1. The van der Waals surface area contributed by atoms with Crippen LogP contribution in [0.2, 0.25) is 0 Å². The van der Waals surface area contributed by atoms with Gasteiger partial charge in [-0.25, -0.2) is 0 Å². The smallest absolute Gasteiger partial charge is 0.0141 e. The number of hydrogen-bond acceptors (Lipinski definition) is 0. The minimum Gasteiger partial charge on any atom is -0.0996 e. The molecular weight excluding hydrogens is 168 g/mol. The molecule has 4 rings (SSSR count). The van der Waals surface area contributed by atoms with Crippen LogP contribution in [-0.4, -0.2) is 0 Å². The fraction of sp³-hybridized carbons (Fsp3) is 0.857. The summed E-state index contributed by atoms with van der Waals surface area (Å²) in [5.74, 6) is 6.09. The van der Waals surface area contributed by atoms with Gasteiger partial charge in [-0.3, -0.25) is 0 Å². The van der Waals surface area contributed by atoms with Crippen molar-refractivity contribution >= 4 is 0 Å². The van der Waals surface area contributed by atoms with E-state index < -0.39 is 0 Å². The molecule has 0 aromatic carbocycles. The van der Waals surface area contributed by atoms with Gasteiger partial charge in [0.15, 0.2) is 0 Å². The molecule has 0 aromatic rings. The zero-order chi connectivity index (χ0) is 9.87. The molecule has 0 aliphatic heterocycles. The highest BCUT2D eigenvalue weighted by Gasteiger charge is 2.58. The second-order valence-corrected chi connectivity index (χ2v) is 6.11. The minimum absolute atomic E-state index is 0.900. The molecule has 4 aliphatic carbocycles. The first-order valence-electron chi connectivity index (χ1n) is 6.38. The molecule has 14 heavy (non-hydrogen) atoms. The molecule has 0 saturated heterocycles. The molecule has 4 bridgehead atoms. The largest absolute Gasteiger partial charge is 0.0996 e. The second kappa shape index (κ2) is 2.87. The zero-order valence-electron chi connectivity index (χ0n) is 9.50. The lowest BCUT2D eigenvalue weighted by Crippen LogP contribution is -2.58. The van der Waals surface area contributed by atoms with E-state index in [-0.39, 0.29) is 0 Å². The van der Waals surface area contributed by atoms with Gasteiger partial charge in [0.05, 0.1) is 0 Å². The third-order valence-electron chi connectivity index (χ3n) is 5.37. The van der Waals surface area contributed by atoms with Crippen molar-refractivity contribution in [3.63, 3.8) is 0 Å². The predicted molar refractivity (Wildman–Crippen MR) is 59.9 cm³/mol. The van der Waals surface area contributed by atoms with E-state index in [9.17, 15) is 0 Å². The van der Waals surface area contributed by atoms with Crippen LogP contribution in [-0.2, 0) is 0 Å². The van der Waals surface area contributed by atoms with Crippen molar-refractivity contribution in [1.82, 2.24) is 0 Å². The van der Waals surface area contributed by atoms with E-state index in [4.69, 9.17) is 0 Å². The summed E-state index contributed by atoms with van der Waals surface area (Å²) in [5, 5.41) is 0. The highest BCUT2D eigenvalue weighted by atomic mass is 14.6. The lowest BCUT2D eigenvalue weighted by atomic mass is 9.40. The topological polar surface area (TPSA) is 0 Å². The molecule has 2 unspecified atom stereocenters. The van der Waals surface area contributed by atoms with Crippen molar-refractivity contribution in [2.75, 3.05) is 0 Å². The first kappa shape index (κ1) is 9.00. The monoisotopic (exact) mass is 190 g/mol. The Hall–Kier alpha value is -0.260. The van der Waals surface area contributed by atoms with Crippen LogP contribution in [0.3, 0.4) is 0 Å². The maximum atomic E-state index is 4.31. The van der Waals surface area contributed by atoms with Crippen LogP contribution >= 0.6 is 0 Å². The zero-order valence-corrected chi connectivity index (χ0v) is 9.50. The Balaban J connectivity index is 1.86. The van der Waals surface area contributed by atoms with Crippen LogP contribution in [0.5, 0.6) is 0 Å². The van der Waals surface area contributed by atoms with Crippen LogP contribution in [0.15, 0.2) is 12.2 Å². The van der Waals surface area contributed by atoms with Gasteiger partial charge in [-0.05, 0) is 61.2 Å². The average Bonchev–Trinajstić information content (AvgIpc) is 2.18. The summed E-state index contributed by atoms with van der Waals surface area (Å²) in [6, 6.07) is 0. The lowest BCUT2D eigenvalue weighted by Gasteiger charge is -2.64. The summed E-state index contributed by atoms with van der Waals surface area (Å²) in [7, 11) is 0. The molecule has 78 valence electrons. The summed E-state index contributed by atoms with van der Waals surface area (Å²) in [5.41, 5.74) is 1.60. The molecule has 5 atom stereocenters. The van der Waals surface area contributed by atoms with E-state index in [0.717, 1.165) is 35.5 Å². The molecule has 0 aromatic heterocycles. The van der Waals surface area contributed by atoms with Gasteiger partial charge in [0.2, 0.25) is 0 Å². The van der Waals surface area contributed by atoms with Crippen molar-refractivity contribution in [3.8, 4) is 0 Å². The quantitative estimate of drug-likeness (QED) is 0.550. The van der Waals surface area contributed by atoms with E-state index in [1.807, 2.05) is 0 Å². The van der Waals surface area contributed by atoms with E-state index in [1.165, 1.54) is 25.7 Å². The lowest BCUT2D eigenvalue weighted by molar-refractivity contribution is -0.125. The van der Waals surface area contributed by atoms with Crippen LogP contribution in [0.1, 0.15) is 39.5 Å². The fourth-order valence-corrected chi connectivity index (χ4v) is 4.79. The van der Waals surface area contributed by atoms with Gasteiger partial charge in [0.1, 0.15) is 0 Å².